The Balaban J connectivity index is 0. The molecule has 0 bridgehead atoms. The minimum atomic E-state index is 0. The van der Waals surface area contributed by atoms with E-state index in [1.165, 1.54) is 0 Å². The van der Waals surface area contributed by atoms with Crippen molar-refractivity contribution in [2.24, 2.45) is 0 Å². The zero-order valence-corrected chi connectivity index (χ0v) is 9.97. The van der Waals surface area contributed by atoms with E-state index in [1.54, 1.807) is 6.20 Å². The molecule has 0 N–H and O–H groups in total. The number of aromatic nitrogens is 1. The van der Waals surface area contributed by atoms with Gasteiger partial charge in [-0.1, -0.05) is 19.3 Å². The third kappa shape index (κ3) is 4.74. The van der Waals surface area contributed by atoms with Crippen LogP contribution in [0, 0.1) is 13.1 Å². The van der Waals surface area contributed by atoms with Gasteiger partial charge in [-0.05, 0) is 0 Å². The average Bonchev–Trinajstić information content (AvgIpc) is 1.69. The normalized spacial score (nSPS) is 6.78. The standard InChI is InChI=1S/C6H6N.BrH.Zn/c1-6-3-2-4-7-5-6;;/h2-4H,1H3;1H;/q-1;;. The molecule has 1 heterocycles. The molecule has 1 nitrogen and oxygen atoms in total. The van der Waals surface area contributed by atoms with Crippen molar-refractivity contribution in [1.29, 1.82) is 0 Å². The summed E-state index contributed by atoms with van der Waals surface area (Å²) in [6, 6.07) is 3.86. The van der Waals surface area contributed by atoms with Crippen molar-refractivity contribution in [3.63, 3.8) is 0 Å². The number of hydrogen-bond acceptors (Lipinski definition) is 1. The first-order chi connectivity index (χ1) is 3.39. The van der Waals surface area contributed by atoms with Crippen LogP contribution in [-0.4, -0.2) is 4.98 Å². The third-order valence-electron chi connectivity index (χ3n) is 0.748. The van der Waals surface area contributed by atoms with E-state index < -0.39 is 0 Å². The number of aryl methyl sites for hydroxylation is 1. The van der Waals surface area contributed by atoms with Crippen molar-refractivity contribution in [3.05, 3.63) is 30.1 Å². The molecule has 0 saturated heterocycles. The molecule has 0 aliphatic carbocycles. The Labute approximate surface area is 78.4 Å². The van der Waals surface area contributed by atoms with Gasteiger partial charge in [0.1, 0.15) is 0 Å². The first-order valence-electron chi connectivity index (χ1n) is 2.19. The van der Waals surface area contributed by atoms with Crippen molar-refractivity contribution in [1.82, 2.24) is 4.98 Å². The molecule has 1 aromatic rings. The van der Waals surface area contributed by atoms with E-state index >= 15 is 0 Å². The second-order valence-electron chi connectivity index (χ2n) is 1.43. The second-order valence-corrected chi connectivity index (χ2v) is 1.43. The van der Waals surface area contributed by atoms with Gasteiger partial charge >= 0.3 is 0 Å². The Morgan fingerprint density at radius 3 is 2.44 bits per heavy atom. The van der Waals surface area contributed by atoms with E-state index in [0.717, 1.165) is 5.56 Å². The van der Waals surface area contributed by atoms with Gasteiger partial charge in [0.25, 0.3) is 0 Å². The Hall–Kier alpha value is 0.253. The number of rotatable bonds is 0. The molecule has 0 aliphatic heterocycles. The summed E-state index contributed by atoms with van der Waals surface area (Å²) in [5, 5.41) is 0. The van der Waals surface area contributed by atoms with Crippen LogP contribution in [0.5, 0.6) is 0 Å². The van der Waals surface area contributed by atoms with Gasteiger partial charge in [-0.25, -0.2) is 0 Å². The van der Waals surface area contributed by atoms with Gasteiger partial charge in [0.2, 0.25) is 0 Å². The first-order valence-corrected chi connectivity index (χ1v) is 2.19. The van der Waals surface area contributed by atoms with E-state index in [-0.39, 0.29) is 36.5 Å². The topological polar surface area (TPSA) is 12.9 Å². The van der Waals surface area contributed by atoms with E-state index in [0.29, 0.717) is 0 Å². The van der Waals surface area contributed by atoms with Crippen molar-refractivity contribution < 1.29 is 19.5 Å². The Bertz CT molecular complexity index is 143. The molecule has 46 valence electrons. The molecule has 1 aromatic heterocycles. The summed E-state index contributed by atoms with van der Waals surface area (Å²) in [7, 11) is 0. The van der Waals surface area contributed by atoms with Crippen molar-refractivity contribution >= 4 is 17.0 Å². The monoisotopic (exact) mass is 236 g/mol. The van der Waals surface area contributed by atoms with Gasteiger partial charge in [0, 0.05) is 19.5 Å². The molecule has 0 spiro atoms. The molecule has 0 fully saturated rings. The van der Waals surface area contributed by atoms with Crippen LogP contribution in [-0.2, 0) is 19.5 Å². The van der Waals surface area contributed by atoms with E-state index in [9.17, 15) is 0 Å². The van der Waals surface area contributed by atoms with Crippen molar-refractivity contribution in [3.8, 4) is 0 Å². The summed E-state index contributed by atoms with van der Waals surface area (Å²) in [6.07, 6.45) is 4.50. The van der Waals surface area contributed by atoms with Gasteiger partial charge in [0.05, 0.1) is 0 Å². The van der Waals surface area contributed by atoms with Crippen LogP contribution in [0.2, 0.25) is 0 Å². The maximum absolute atomic E-state index is 3.76. The summed E-state index contributed by atoms with van der Waals surface area (Å²) in [5.74, 6) is 0. The summed E-state index contributed by atoms with van der Waals surface area (Å²) in [5.41, 5.74) is 1.09. The molecule has 0 atom stereocenters. The minimum absolute atomic E-state index is 0. The Morgan fingerprint density at radius 2 is 2.22 bits per heavy atom. The number of halogens is 1. The molecular weight excluding hydrogens is 231 g/mol. The third-order valence-corrected chi connectivity index (χ3v) is 0.748. The van der Waals surface area contributed by atoms with Crippen LogP contribution >= 0.6 is 17.0 Å². The van der Waals surface area contributed by atoms with E-state index in [1.807, 2.05) is 19.1 Å². The Morgan fingerprint density at radius 1 is 1.56 bits per heavy atom. The maximum Gasteiger partial charge on any atom is 0 e. The number of nitrogens with zero attached hydrogens (tertiary/aromatic N) is 1. The van der Waals surface area contributed by atoms with E-state index in [2.05, 4.69) is 11.2 Å². The fourth-order valence-electron chi connectivity index (χ4n) is 0.407. The molecule has 3 heteroatoms. The first kappa shape index (κ1) is 12.0. The molecule has 0 saturated carbocycles. The zero-order valence-electron chi connectivity index (χ0n) is 5.29. The molecule has 0 aromatic carbocycles. The van der Waals surface area contributed by atoms with Gasteiger partial charge in [-0.3, -0.25) is 0 Å². The van der Waals surface area contributed by atoms with Crippen LogP contribution < -0.4 is 0 Å². The molecule has 0 aliphatic rings. The van der Waals surface area contributed by atoms with Crippen molar-refractivity contribution in [2.75, 3.05) is 0 Å². The number of pyridine rings is 1. The molecule has 0 amide bonds. The molecule has 1 rings (SSSR count). The van der Waals surface area contributed by atoms with Crippen LogP contribution in [0.4, 0.5) is 0 Å². The van der Waals surface area contributed by atoms with Crippen LogP contribution in [0.25, 0.3) is 0 Å². The summed E-state index contributed by atoms with van der Waals surface area (Å²) >= 11 is 0. The quantitative estimate of drug-likeness (QED) is 0.496. The van der Waals surface area contributed by atoms with E-state index in [4.69, 9.17) is 0 Å². The summed E-state index contributed by atoms with van der Waals surface area (Å²) < 4.78 is 0. The molecule has 9 heavy (non-hydrogen) atoms. The van der Waals surface area contributed by atoms with Gasteiger partial charge in [-0.15, -0.1) is 22.5 Å². The largest absolute Gasteiger partial charge is 0.394 e. The van der Waals surface area contributed by atoms with Gasteiger partial charge < -0.3 is 4.98 Å². The predicted octanol–water partition coefficient (Wildman–Crippen LogP) is 1.77. The smallest absolute Gasteiger partial charge is 0 e. The zero-order chi connectivity index (χ0) is 5.11. The van der Waals surface area contributed by atoms with Crippen LogP contribution in [0.15, 0.2) is 18.3 Å². The Kier molecular flexibility index (Phi) is 8.49. The second kappa shape index (κ2) is 6.37. The predicted molar refractivity (Wildman–Crippen MR) is 38.1 cm³/mol. The molecule has 0 unspecified atom stereocenters. The fourth-order valence-corrected chi connectivity index (χ4v) is 0.407. The molecular formula is C6H7BrNZn-. The summed E-state index contributed by atoms with van der Waals surface area (Å²) in [4.78, 5) is 3.76. The van der Waals surface area contributed by atoms with Crippen molar-refractivity contribution in [2.45, 2.75) is 6.92 Å². The fraction of sp³-hybridized carbons (Fsp3) is 0.167. The number of hydrogen-bond donors (Lipinski definition) is 0. The van der Waals surface area contributed by atoms with Crippen LogP contribution in [0.1, 0.15) is 5.56 Å². The summed E-state index contributed by atoms with van der Waals surface area (Å²) in [6.45, 7) is 1.97. The van der Waals surface area contributed by atoms with Crippen LogP contribution in [0.3, 0.4) is 0 Å². The SMILES string of the molecule is Br.Cc1[c-]nccc1.[Zn]. The maximum atomic E-state index is 3.76. The molecule has 0 radical (unpaired) electrons. The average molecular weight is 238 g/mol. The minimum Gasteiger partial charge on any atom is -0.394 e. The van der Waals surface area contributed by atoms with Gasteiger partial charge in [-0.2, -0.15) is 12.1 Å². The van der Waals surface area contributed by atoms with Gasteiger partial charge in [0.15, 0.2) is 0 Å².